The molecule has 0 unspecified atom stereocenters. The Kier molecular flexibility index (Phi) is 4.41. The van der Waals surface area contributed by atoms with Gasteiger partial charge in [0.05, 0.1) is 0 Å². The fourth-order valence-electron chi connectivity index (χ4n) is 3.55. The third kappa shape index (κ3) is 2.85. The number of nitrogens with one attached hydrogen (secondary N) is 2. The average Bonchev–Trinajstić information content (AvgIpc) is 3.04. The highest BCUT2D eigenvalue weighted by molar-refractivity contribution is 5.79. The SMILES string of the molecule is CN=C(NC)NCC1(c2ccc3c(c2)OCO3)CCCCC1. The number of aliphatic imine (C=N–C) groups is 1. The van der Waals surface area contributed by atoms with Crippen molar-refractivity contribution >= 4 is 5.96 Å². The van der Waals surface area contributed by atoms with Crippen LogP contribution >= 0.6 is 0 Å². The van der Waals surface area contributed by atoms with Crippen molar-refractivity contribution in [1.82, 2.24) is 10.6 Å². The maximum absolute atomic E-state index is 5.56. The Balaban J connectivity index is 1.85. The van der Waals surface area contributed by atoms with Crippen LogP contribution in [0.15, 0.2) is 23.2 Å². The van der Waals surface area contributed by atoms with Crippen molar-refractivity contribution in [2.45, 2.75) is 37.5 Å². The zero-order chi connectivity index (χ0) is 15.4. The minimum absolute atomic E-state index is 0.145. The van der Waals surface area contributed by atoms with Crippen LogP contribution < -0.4 is 20.1 Å². The zero-order valence-corrected chi connectivity index (χ0v) is 13.4. The molecule has 0 saturated heterocycles. The fourth-order valence-corrected chi connectivity index (χ4v) is 3.55. The lowest BCUT2D eigenvalue weighted by Crippen LogP contribution is -2.45. The van der Waals surface area contributed by atoms with E-state index in [9.17, 15) is 0 Å². The Hall–Kier alpha value is -1.91. The molecule has 2 aliphatic rings. The van der Waals surface area contributed by atoms with Gasteiger partial charge in [-0.2, -0.15) is 0 Å². The third-order valence-electron chi connectivity index (χ3n) is 4.85. The van der Waals surface area contributed by atoms with Crippen molar-refractivity contribution < 1.29 is 9.47 Å². The minimum atomic E-state index is 0.145. The molecule has 0 aromatic heterocycles. The summed E-state index contributed by atoms with van der Waals surface area (Å²) in [4.78, 5) is 4.22. The summed E-state index contributed by atoms with van der Waals surface area (Å²) in [6.45, 7) is 1.22. The van der Waals surface area contributed by atoms with Crippen molar-refractivity contribution in [3.8, 4) is 11.5 Å². The summed E-state index contributed by atoms with van der Waals surface area (Å²) in [7, 11) is 3.69. The number of fused-ring (bicyclic) bond motifs is 1. The number of hydrogen-bond acceptors (Lipinski definition) is 3. The fraction of sp³-hybridized carbons (Fsp3) is 0.588. The smallest absolute Gasteiger partial charge is 0.231 e. The number of ether oxygens (including phenoxy) is 2. The largest absolute Gasteiger partial charge is 0.454 e. The zero-order valence-electron chi connectivity index (χ0n) is 13.4. The molecule has 5 nitrogen and oxygen atoms in total. The van der Waals surface area contributed by atoms with Crippen LogP contribution in [-0.4, -0.2) is 33.4 Å². The monoisotopic (exact) mass is 303 g/mol. The Bertz CT molecular complexity index is 551. The van der Waals surface area contributed by atoms with E-state index in [1.54, 1.807) is 7.05 Å². The second kappa shape index (κ2) is 6.46. The topological polar surface area (TPSA) is 54.9 Å². The molecule has 0 radical (unpaired) electrons. The molecule has 1 aliphatic carbocycles. The first-order chi connectivity index (χ1) is 10.8. The molecule has 120 valence electrons. The van der Waals surface area contributed by atoms with Crippen molar-refractivity contribution in [3.63, 3.8) is 0 Å². The van der Waals surface area contributed by atoms with Gasteiger partial charge in [-0.1, -0.05) is 25.3 Å². The molecular formula is C17H25N3O2. The number of guanidine groups is 1. The lowest BCUT2D eigenvalue weighted by molar-refractivity contribution is 0.174. The highest BCUT2D eigenvalue weighted by Crippen LogP contribution is 2.43. The van der Waals surface area contributed by atoms with E-state index in [0.29, 0.717) is 6.79 Å². The summed E-state index contributed by atoms with van der Waals surface area (Å²) in [5, 5.41) is 6.56. The van der Waals surface area contributed by atoms with Crippen molar-refractivity contribution in [1.29, 1.82) is 0 Å². The van der Waals surface area contributed by atoms with Crippen LogP contribution in [0.3, 0.4) is 0 Å². The summed E-state index contributed by atoms with van der Waals surface area (Å²) in [5.74, 6) is 2.57. The molecule has 1 aromatic rings. The Labute approximate surface area is 132 Å². The van der Waals surface area contributed by atoms with E-state index in [1.807, 2.05) is 13.1 Å². The minimum Gasteiger partial charge on any atom is -0.454 e. The van der Waals surface area contributed by atoms with Crippen molar-refractivity contribution in [3.05, 3.63) is 23.8 Å². The predicted octanol–water partition coefficient (Wildman–Crippen LogP) is 2.41. The molecule has 1 fully saturated rings. The van der Waals surface area contributed by atoms with E-state index >= 15 is 0 Å². The first-order valence-electron chi connectivity index (χ1n) is 8.06. The predicted molar refractivity (Wildman–Crippen MR) is 87.7 cm³/mol. The number of hydrogen-bond donors (Lipinski definition) is 2. The van der Waals surface area contributed by atoms with Gasteiger partial charge in [0, 0.05) is 26.1 Å². The molecule has 1 aliphatic heterocycles. The molecule has 2 N–H and O–H groups in total. The summed E-state index contributed by atoms with van der Waals surface area (Å²) < 4.78 is 11.0. The molecule has 0 bridgehead atoms. The molecule has 1 heterocycles. The van der Waals surface area contributed by atoms with Gasteiger partial charge in [-0.3, -0.25) is 4.99 Å². The van der Waals surface area contributed by atoms with Gasteiger partial charge in [0.25, 0.3) is 0 Å². The van der Waals surface area contributed by atoms with Gasteiger partial charge < -0.3 is 20.1 Å². The molecule has 5 heteroatoms. The van der Waals surface area contributed by atoms with Crippen LogP contribution in [0, 0.1) is 0 Å². The van der Waals surface area contributed by atoms with Crippen molar-refractivity contribution in [2.75, 3.05) is 27.4 Å². The normalized spacial score (nSPS) is 19.8. The standard InChI is InChI=1S/C17H25N3O2/c1-18-16(19-2)20-11-17(8-4-3-5-9-17)13-6-7-14-15(10-13)22-12-21-14/h6-7,10H,3-5,8-9,11-12H2,1-2H3,(H2,18,19,20). The van der Waals surface area contributed by atoms with E-state index < -0.39 is 0 Å². The third-order valence-corrected chi connectivity index (χ3v) is 4.85. The number of benzene rings is 1. The maximum Gasteiger partial charge on any atom is 0.231 e. The van der Waals surface area contributed by atoms with E-state index in [4.69, 9.17) is 9.47 Å². The van der Waals surface area contributed by atoms with Gasteiger partial charge in [0.15, 0.2) is 17.5 Å². The molecular weight excluding hydrogens is 278 g/mol. The highest BCUT2D eigenvalue weighted by Gasteiger charge is 2.35. The van der Waals surface area contributed by atoms with Crippen LogP contribution in [-0.2, 0) is 5.41 Å². The number of rotatable bonds is 3. The van der Waals surface area contributed by atoms with E-state index in [0.717, 1.165) is 24.0 Å². The van der Waals surface area contributed by atoms with Gasteiger partial charge >= 0.3 is 0 Å². The van der Waals surface area contributed by atoms with Crippen LogP contribution in [0.1, 0.15) is 37.7 Å². The van der Waals surface area contributed by atoms with Crippen LogP contribution in [0.25, 0.3) is 0 Å². The molecule has 3 rings (SSSR count). The average molecular weight is 303 g/mol. The summed E-state index contributed by atoms with van der Waals surface area (Å²) in [6, 6.07) is 6.40. The van der Waals surface area contributed by atoms with Crippen LogP contribution in [0.5, 0.6) is 11.5 Å². The molecule has 22 heavy (non-hydrogen) atoms. The summed E-state index contributed by atoms with van der Waals surface area (Å²) in [5.41, 5.74) is 1.49. The maximum atomic E-state index is 5.56. The van der Waals surface area contributed by atoms with E-state index in [1.165, 1.54) is 37.7 Å². The highest BCUT2D eigenvalue weighted by atomic mass is 16.7. The molecule has 1 aromatic carbocycles. The first-order valence-corrected chi connectivity index (χ1v) is 8.06. The number of nitrogens with zero attached hydrogens (tertiary/aromatic N) is 1. The van der Waals surface area contributed by atoms with Crippen LogP contribution in [0.2, 0.25) is 0 Å². The lowest BCUT2D eigenvalue weighted by atomic mass is 9.69. The van der Waals surface area contributed by atoms with Crippen LogP contribution in [0.4, 0.5) is 0 Å². The Morgan fingerprint density at radius 1 is 1.18 bits per heavy atom. The summed E-state index contributed by atoms with van der Waals surface area (Å²) >= 11 is 0. The molecule has 1 saturated carbocycles. The second-order valence-corrected chi connectivity index (χ2v) is 6.08. The molecule has 0 amide bonds. The van der Waals surface area contributed by atoms with Crippen molar-refractivity contribution in [2.24, 2.45) is 4.99 Å². The van der Waals surface area contributed by atoms with Gasteiger partial charge in [0.2, 0.25) is 6.79 Å². The van der Waals surface area contributed by atoms with E-state index in [2.05, 4.69) is 27.8 Å². The van der Waals surface area contributed by atoms with Gasteiger partial charge in [-0.15, -0.1) is 0 Å². The second-order valence-electron chi connectivity index (χ2n) is 6.08. The summed E-state index contributed by atoms with van der Waals surface area (Å²) in [6.07, 6.45) is 6.26. The lowest BCUT2D eigenvalue weighted by Gasteiger charge is -2.38. The molecule has 0 spiro atoms. The van der Waals surface area contributed by atoms with Gasteiger partial charge in [0.1, 0.15) is 0 Å². The quantitative estimate of drug-likeness (QED) is 0.665. The van der Waals surface area contributed by atoms with E-state index in [-0.39, 0.29) is 5.41 Å². The molecule has 0 atom stereocenters. The van der Waals surface area contributed by atoms with Gasteiger partial charge in [-0.05, 0) is 30.5 Å². The van der Waals surface area contributed by atoms with Gasteiger partial charge in [-0.25, -0.2) is 0 Å². The Morgan fingerprint density at radius 3 is 2.68 bits per heavy atom. The Morgan fingerprint density at radius 2 is 1.95 bits per heavy atom. The first kappa shape index (κ1) is 15.0.